The molecule has 3 aromatic rings. The molecule has 1 aromatic heterocycles. The zero-order valence-corrected chi connectivity index (χ0v) is 13.8. The minimum Gasteiger partial charge on any atom is -0.492 e. The summed E-state index contributed by atoms with van der Waals surface area (Å²) in [5.41, 5.74) is 1.95. The summed E-state index contributed by atoms with van der Waals surface area (Å²) in [6, 6.07) is 21.3. The first kappa shape index (κ1) is 15.5. The van der Waals surface area contributed by atoms with Crippen LogP contribution >= 0.6 is 0 Å². The highest BCUT2D eigenvalue weighted by molar-refractivity contribution is 5.95. The minimum absolute atomic E-state index is 0.0529. The maximum atomic E-state index is 13.2. The van der Waals surface area contributed by atoms with Gasteiger partial charge in [0.1, 0.15) is 18.1 Å². The molecule has 0 N–H and O–H groups in total. The van der Waals surface area contributed by atoms with Gasteiger partial charge in [-0.3, -0.25) is 4.79 Å². The molecule has 126 valence electrons. The van der Waals surface area contributed by atoms with Crippen molar-refractivity contribution in [3.05, 3.63) is 84.3 Å². The molecule has 2 heterocycles. The van der Waals surface area contributed by atoms with E-state index in [1.54, 1.807) is 11.2 Å². The predicted molar refractivity (Wildman–Crippen MR) is 95.5 cm³/mol. The van der Waals surface area contributed by atoms with Gasteiger partial charge in [-0.15, -0.1) is 0 Å². The van der Waals surface area contributed by atoms with Crippen LogP contribution in [0.2, 0.25) is 0 Å². The van der Waals surface area contributed by atoms with Gasteiger partial charge in [0.2, 0.25) is 5.91 Å². The van der Waals surface area contributed by atoms with Crippen molar-refractivity contribution in [3.8, 4) is 5.75 Å². The molecule has 0 saturated carbocycles. The molecule has 0 aliphatic carbocycles. The number of ether oxygens (including phenoxy) is 1. The van der Waals surface area contributed by atoms with Gasteiger partial charge >= 0.3 is 0 Å². The lowest BCUT2D eigenvalue weighted by Crippen LogP contribution is -2.40. The summed E-state index contributed by atoms with van der Waals surface area (Å²) >= 11 is 0. The molecular weight excluding hydrogens is 314 g/mol. The molecule has 0 radical (unpaired) electrons. The van der Waals surface area contributed by atoms with Crippen molar-refractivity contribution in [3.63, 3.8) is 0 Å². The number of carbonyl (C=O) groups is 1. The number of hydrogen-bond acceptors (Lipinski definition) is 3. The highest BCUT2D eigenvalue weighted by Crippen LogP contribution is 2.29. The standard InChI is InChI=1S/C21H19NO3/c23-21(17-13-16-7-4-5-11-20(16)25-15-17)22(14-19-10-6-12-24-19)18-8-2-1-3-9-18/h1-12,17H,13-15H2. The lowest BCUT2D eigenvalue weighted by Gasteiger charge is -2.30. The van der Waals surface area contributed by atoms with Gasteiger partial charge in [0.25, 0.3) is 0 Å². The second-order valence-electron chi connectivity index (χ2n) is 6.16. The van der Waals surface area contributed by atoms with Crippen molar-refractivity contribution in [1.29, 1.82) is 0 Å². The van der Waals surface area contributed by atoms with Crippen LogP contribution < -0.4 is 9.64 Å². The number of para-hydroxylation sites is 2. The number of rotatable bonds is 4. The molecule has 0 bridgehead atoms. The van der Waals surface area contributed by atoms with Gasteiger partial charge in [-0.25, -0.2) is 0 Å². The molecular formula is C21H19NO3. The van der Waals surface area contributed by atoms with Crippen LogP contribution in [0, 0.1) is 5.92 Å². The summed E-state index contributed by atoms with van der Waals surface area (Å²) in [5.74, 6) is 1.49. The second kappa shape index (κ2) is 6.85. The van der Waals surface area contributed by atoms with Crippen molar-refractivity contribution in [2.75, 3.05) is 11.5 Å². The third-order valence-corrected chi connectivity index (χ3v) is 4.46. The van der Waals surface area contributed by atoms with E-state index < -0.39 is 0 Å². The quantitative estimate of drug-likeness (QED) is 0.723. The average molecular weight is 333 g/mol. The van der Waals surface area contributed by atoms with Gasteiger partial charge in [0, 0.05) is 5.69 Å². The molecule has 2 aromatic carbocycles. The van der Waals surface area contributed by atoms with Crippen LogP contribution in [0.5, 0.6) is 5.75 Å². The molecule has 0 spiro atoms. The van der Waals surface area contributed by atoms with Gasteiger partial charge in [-0.1, -0.05) is 36.4 Å². The van der Waals surface area contributed by atoms with E-state index >= 15 is 0 Å². The molecule has 1 amide bonds. The number of nitrogens with zero attached hydrogens (tertiary/aromatic N) is 1. The molecule has 4 heteroatoms. The lowest BCUT2D eigenvalue weighted by molar-refractivity contribution is -0.123. The Kier molecular flexibility index (Phi) is 4.25. The molecule has 0 saturated heterocycles. The first-order valence-corrected chi connectivity index (χ1v) is 8.41. The van der Waals surface area contributed by atoms with E-state index in [1.807, 2.05) is 66.7 Å². The molecule has 1 aliphatic heterocycles. The van der Waals surface area contributed by atoms with Crippen LogP contribution in [0.1, 0.15) is 11.3 Å². The Hall–Kier alpha value is -3.01. The minimum atomic E-state index is -0.204. The Labute approximate surface area is 146 Å². The van der Waals surface area contributed by atoms with E-state index in [1.165, 1.54) is 0 Å². The summed E-state index contributed by atoms with van der Waals surface area (Å²) in [6.07, 6.45) is 2.32. The van der Waals surface area contributed by atoms with Crippen molar-refractivity contribution in [2.24, 2.45) is 5.92 Å². The van der Waals surface area contributed by atoms with E-state index in [2.05, 4.69) is 0 Å². The van der Waals surface area contributed by atoms with Gasteiger partial charge in [0.15, 0.2) is 0 Å². The van der Waals surface area contributed by atoms with Crippen LogP contribution in [0.3, 0.4) is 0 Å². The molecule has 1 atom stereocenters. The van der Waals surface area contributed by atoms with E-state index in [9.17, 15) is 4.79 Å². The number of carbonyl (C=O) groups excluding carboxylic acids is 1. The number of amides is 1. The normalized spacial score (nSPS) is 15.9. The molecule has 1 unspecified atom stereocenters. The maximum absolute atomic E-state index is 13.2. The Balaban J connectivity index is 1.60. The number of hydrogen-bond donors (Lipinski definition) is 0. The highest BCUT2D eigenvalue weighted by Gasteiger charge is 2.30. The number of furan rings is 1. The van der Waals surface area contributed by atoms with E-state index in [4.69, 9.17) is 9.15 Å². The molecule has 4 rings (SSSR count). The summed E-state index contributed by atoms with van der Waals surface area (Å²) in [4.78, 5) is 15.0. The molecule has 4 nitrogen and oxygen atoms in total. The Morgan fingerprint density at radius 3 is 2.60 bits per heavy atom. The topological polar surface area (TPSA) is 42.7 Å². The third-order valence-electron chi connectivity index (χ3n) is 4.46. The molecule has 0 fully saturated rings. The Morgan fingerprint density at radius 2 is 1.80 bits per heavy atom. The predicted octanol–water partition coefficient (Wildman–Crippen LogP) is 4.06. The first-order chi connectivity index (χ1) is 12.3. The van der Waals surface area contributed by atoms with Crippen LogP contribution in [0.15, 0.2) is 77.4 Å². The Morgan fingerprint density at radius 1 is 1.00 bits per heavy atom. The van der Waals surface area contributed by atoms with Gasteiger partial charge in [-0.2, -0.15) is 0 Å². The highest BCUT2D eigenvalue weighted by atomic mass is 16.5. The zero-order valence-electron chi connectivity index (χ0n) is 13.8. The summed E-state index contributed by atoms with van der Waals surface area (Å²) in [6.45, 7) is 0.811. The molecule has 25 heavy (non-hydrogen) atoms. The largest absolute Gasteiger partial charge is 0.492 e. The monoisotopic (exact) mass is 333 g/mol. The van der Waals surface area contributed by atoms with Crippen molar-refractivity contribution < 1.29 is 13.9 Å². The zero-order chi connectivity index (χ0) is 17.1. The van der Waals surface area contributed by atoms with Crippen LogP contribution in [0.25, 0.3) is 0 Å². The van der Waals surface area contributed by atoms with Gasteiger partial charge < -0.3 is 14.1 Å². The second-order valence-corrected chi connectivity index (χ2v) is 6.16. The third kappa shape index (κ3) is 3.29. The van der Waals surface area contributed by atoms with Gasteiger partial charge in [-0.05, 0) is 42.3 Å². The molecule has 1 aliphatic rings. The number of fused-ring (bicyclic) bond motifs is 1. The van der Waals surface area contributed by atoms with E-state index in [0.717, 1.165) is 22.8 Å². The van der Waals surface area contributed by atoms with Gasteiger partial charge in [0.05, 0.1) is 18.7 Å². The van der Waals surface area contributed by atoms with Crippen LogP contribution in [-0.2, 0) is 17.8 Å². The maximum Gasteiger partial charge on any atom is 0.234 e. The fraction of sp³-hybridized carbons (Fsp3) is 0.190. The summed E-state index contributed by atoms with van der Waals surface area (Å²) < 4.78 is 11.3. The first-order valence-electron chi connectivity index (χ1n) is 8.41. The smallest absolute Gasteiger partial charge is 0.234 e. The van der Waals surface area contributed by atoms with Crippen molar-refractivity contribution >= 4 is 11.6 Å². The van der Waals surface area contributed by atoms with E-state index in [-0.39, 0.29) is 11.8 Å². The average Bonchev–Trinajstić information content (AvgIpc) is 3.19. The van der Waals surface area contributed by atoms with Crippen LogP contribution in [0.4, 0.5) is 5.69 Å². The lowest BCUT2D eigenvalue weighted by atomic mass is 9.95. The summed E-state index contributed by atoms with van der Waals surface area (Å²) in [5, 5.41) is 0. The fourth-order valence-electron chi connectivity index (χ4n) is 3.17. The fourth-order valence-corrected chi connectivity index (χ4v) is 3.17. The van der Waals surface area contributed by atoms with Crippen LogP contribution in [-0.4, -0.2) is 12.5 Å². The SMILES string of the molecule is O=C(C1COc2ccccc2C1)N(Cc1ccco1)c1ccccc1. The summed E-state index contributed by atoms with van der Waals surface area (Å²) in [7, 11) is 0. The number of benzene rings is 2. The Bertz CT molecular complexity index is 843. The van der Waals surface area contributed by atoms with Crippen molar-refractivity contribution in [2.45, 2.75) is 13.0 Å². The van der Waals surface area contributed by atoms with Crippen molar-refractivity contribution in [1.82, 2.24) is 0 Å². The number of anilines is 1. The van der Waals surface area contributed by atoms with E-state index in [0.29, 0.717) is 19.6 Å².